The number of nitrogens with zero attached hydrogens (tertiary/aromatic N) is 1. The first-order valence-electron chi connectivity index (χ1n) is 12.7. The number of carbonyl (C=O) groups excluding carboxylic acids is 2. The maximum Gasteiger partial charge on any atom is 1.00 e. The van der Waals surface area contributed by atoms with E-state index in [2.05, 4.69) is 15.3 Å². The standard InChI is InChI=1S/C24H35N3O8.Na/c28-18(17-13-32-23(33-17)7-3-1-4-8-23)19-20(35-24(34-19)9-5-2-6-10-24)21(29)27-16(22(30)31)11-15-12-25-14-26-15;/h12,14,16-20,28H,1-11,13H2,(H,25,26)(H,27,29)(H,30,31);/q;+1/p-1. The fourth-order valence-corrected chi connectivity index (χ4v) is 5.79. The average Bonchev–Trinajstić information content (AvgIpc) is 3.59. The van der Waals surface area contributed by atoms with Gasteiger partial charge < -0.3 is 44.3 Å². The molecule has 2 spiro atoms. The maximum atomic E-state index is 13.3. The predicted octanol–water partition coefficient (Wildman–Crippen LogP) is -2.93. The van der Waals surface area contributed by atoms with Gasteiger partial charge in [-0.1, -0.05) is 12.8 Å². The number of hydrogen-bond acceptors (Lipinski definition) is 9. The Hall–Kier alpha value is -1.05. The number of carbonyl (C=O) groups is 2. The molecule has 5 rings (SSSR count). The number of ether oxygens (including phenoxy) is 4. The Morgan fingerprint density at radius 1 is 1.08 bits per heavy atom. The number of imidazole rings is 1. The third-order valence-corrected chi connectivity index (χ3v) is 7.65. The summed E-state index contributed by atoms with van der Waals surface area (Å²) in [6.07, 6.45) is 7.50. The zero-order chi connectivity index (χ0) is 24.5. The van der Waals surface area contributed by atoms with Gasteiger partial charge in [-0.3, -0.25) is 4.79 Å². The van der Waals surface area contributed by atoms with Gasteiger partial charge >= 0.3 is 29.6 Å². The van der Waals surface area contributed by atoms with E-state index in [4.69, 9.17) is 18.9 Å². The van der Waals surface area contributed by atoms with Crippen LogP contribution in [0.2, 0.25) is 0 Å². The molecule has 0 radical (unpaired) electrons. The molecule has 1 amide bonds. The molecule has 4 fully saturated rings. The Morgan fingerprint density at radius 3 is 2.36 bits per heavy atom. The molecule has 2 saturated carbocycles. The molecular formula is C24H34N3NaO8. The fraction of sp³-hybridized carbons (Fsp3) is 0.792. The summed E-state index contributed by atoms with van der Waals surface area (Å²) in [5, 5.41) is 25.6. The maximum absolute atomic E-state index is 13.3. The van der Waals surface area contributed by atoms with Crippen LogP contribution in [0, 0.1) is 0 Å². The van der Waals surface area contributed by atoms with Crippen molar-refractivity contribution in [3.8, 4) is 0 Å². The van der Waals surface area contributed by atoms with Crippen molar-refractivity contribution < 1.29 is 68.3 Å². The third-order valence-electron chi connectivity index (χ3n) is 7.65. The van der Waals surface area contributed by atoms with Gasteiger partial charge in [-0.05, 0) is 25.7 Å². The topological polar surface area (TPSA) is 155 Å². The van der Waals surface area contributed by atoms with Crippen molar-refractivity contribution in [2.45, 2.75) is 113 Å². The number of aliphatic hydroxyl groups excluding tert-OH is 1. The van der Waals surface area contributed by atoms with Crippen molar-refractivity contribution in [1.82, 2.24) is 15.3 Å². The number of aliphatic carboxylic acids is 1. The zero-order valence-corrected chi connectivity index (χ0v) is 22.8. The minimum Gasteiger partial charge on any atom is -0.548 e. The number of carboxylic acids is 1. The van der Waals surface area contributed by atoms with Crippen molar-refractivity contribution in [1.29, 1.82) is 0 Å². The van der Waals surface area contributed by atoms with Gasteiger partial charge in [-0.25, -0.2) is 4.98 Å². The van der Waals surface area contributed by atoms with E-state index in [-0.39, 0.29) is 42.6 Å². The van der Waals surface area contributed by atoms with Gasteiger partial charge in [0, 0.05) is 44.0 Å². The minimum absolute atomic E-state index is 0. The summed E-state index contributed by atoms with van der Waals surface area (Å²) in [6, 6.07) is -1.30. The summed E-state index contributed by atoms with van der Waals surface area (Å²) >= 11 is 0. The number of amides is 1. The number of carboxylic acid groups (broad SMARTS) is 1. The summed E-state index contributed by atoms with van der Waals surface area (Å²) in [7, 11) is 0. The Balaban J connectivity index is 0.00000304. The van der Waals surface area contributed by atoms with Crippen molar-refractivity contribution in [2.75, 3.05) is 6.61 Å². The van der Waals surface area contributed by atoms with Gasteiger partial charge in [0.05, 0.1) is 24.9 Å². The monoisotopic (exact) mass is 515 g/mol. The summed E-state index contributed by atoms with van der Waals surface area (Å²) in [5.41, 5.74) is 0.540. The Morgan fingerprint density at radius 2 is 1.75 bits per heavy atom. The Labute approximate surface area is 232 Å². The van der Waals surface area contributed by atoms with Crippen LogP contribution in [0.1, 0.15) is 69.9 Å². The number of rotatable bonds is 7. The second-order valence-corrected chi connectivity index (χ2v) is 10.2. The van der Waals surface area contributed by atoms with Crippen molar-refractivity contribution in [3.63, 3.8) is 0 Å². The van der Waals surface area contributed by atoms with Gasteiger partial charge in [0.1, 0.15) is 18.3 Å². The molecule has 2 aliphatic carbocycles. The summed E-state index contributed by atoms with van der Waals surface area (Å²) in [6.45, 7) is 0.198. The number of nitrogens with one attached hydrogen (secondary N) is 2. The van der Waals surface area contributed by atoms with Crippen LogP contribution in [0.4, 0.5) is 0 Å². The van der Waals surface area contributed by atoms with Crippen LogP contribution >= 0.6 is 0 Å². The van der Waals surface area contributed by atoms with Crippen LogP contribution in [-0.4, -0.2) is 75.6 Å². The van der Waals surface area contributed by atoms with Crippen molar-refractivity contribution in [2.24, 2.45) is 0 Å². The van der Waals surface area contributed by atoms with E-state index in [1.165, 1.54) is 12.5 Å². The molecule has 1 aromatic heterocycles. The van der Waals surface area contributed by atoms with E-state index in [1.54, 1.807) is 0 Å². The van der Waals surface area contributed by atoms with Crippen molar-refractivity contribution >= 4 is 11.9 Å². The summed E-state index contributed by atoms with van der Waals surface area (Å²) in [4.78, 5) is 31.8. The minimum atomic E-state index is -1.43. The Kier molecular flexibility index (Phi) is 9.15. The summed E-state index contributed by atoms with van der Waals surface area (Å²) in [5.74, 6) is -3.76. The van der Waals surface area contributed by atoms with E-state index in [0.29, 0.717) is 18.5 Å². The predicted molar refractivity (Wildman–Crippen MR) is 117 cm³/mol. The molecule has 36 heavy (non-hydrogen) atoms. The Bertz CT molecular complexity index is 888. The van der Waals surface area contributed by atoms with E-state index in [0.717, 1.165) is 51.4 Å². The molecule has 2 saturated heterocycles. The van der Waals surface area contributed by atoms with Crippen LogP contribution in [0.5, 0.6) is 0 Å². The molecule has 0 bridgehead atoms. The molecule has 1 aromatic rings. The van der Waals surface area contributed by atoms with Crippen molar-refractivity contribution in [3.05, 3.63) is 18.2 Å². The number of hydrogen-bond donors (Lipinski definition) is 3. The second-order valence-electron chi connectivity index (χ2n) is 10.2. The van der Waals surface area contributed by atoms with E-state index in [1.807, 2.05) is 0 Å². The molecule has 12 heteroatoms. The van der Waals surface area contributed by atoms with E-state index < -0.39 is 53.9 Å². The second kappa shape index (κ2) is 11.8. The molecule has 4 aliphatic rings. The van der Waals surface area contributed by atoms with E-state index in [9.17, 15) is 19.8 Å². The first-order valence-corrected chi connectivity index (χ1v) is 12.7. The zero-order valence-electron chi connectivity index (χ0n) is 20.8. The molecule has 11 nitrogen and oxygen atoms in total. The molecule has 0 aromatic carbocycles. The molecule has 5 atom stereocenters. The van der Waals surface area contributed by atoms with Crippen LogP contribution < -0.4 is 40.0 Å². The van der Waals surface area contributed by atoms with Gasteiger partial charge in [0.25, 0.3) is 5.91 Å². The quantitative estimate of drug-likeness (QED) is 0.324. The number of aromatic amines is 1. The molecule has 3 heterocycles. The van der Waals surface area contributed by atoms with Gasteiger partial charge in [0.15, 0.2) is 17.7 Å². The average molecular weight is 516 g/mol. The van der Waals surface area contributed by atoms with Crippen LogP contribution in [-0.2, 0) is 35.0 Å². The van der Waals surface area contributed by atoms with Gasteiger partial charge in [-0.2, -0.15) is 0 Å². The smallest absolute Gasteiger partial charge is 0.548 e. The first kappa shape index (κ1) is 28.0. The molecular weight excluding hydrogens is 481 g/mol. The SMILES string of the molecule is O=C([O-])C(Cc1cnc[nH]1)NC(=O)C1OC2(CCCCC2)OC1C(O)C1COC2(CCCCC2)O1.[Na+]. The number of H-pyrrole nitrogens is 1. The third kappa shape index (κ3) is 5.99. The summed E-state index contributed by atoms with van der Waals surface area (Å²) < 4.78 is 24.6. The largest absolute Gasteiger partial charge is 1.00 e. The van der Waals surface area contributed by atoms with Gasteiger partial charge in [0.2, 0.25) is 0 Å². The molecule has 2 aliphatic heterocycles. The van der Waals surface area contributed by atoms with Crippen LogP contribution in [0.15, 0.2) is 12.5 Å². The fourth-order valence-electron chi connectivity index (χ4n) is 5.79. The first-order chi connectivity index (χ1) is 16.9. The van der Waals surface area contributed by atoms with Crippen LogP contribution in [0.25, 0.3) is 0 Å². The number of aliphatic hydroxyl groups is 1. The molecule has 3 N–H and O–H groups in total. The van der Waals surface area contributed by atoms with Crippen LogP contribution in [0.3, 0.4) is 0 Å². The number of aromatic nitrogens is 2. The van der Waals surface area contributed by atoms with Gasteiger partial charge in [-0.15, -0.1) is 0 Å². The molecule has 194 valence electrons. The van der Waals surface area contributed by atoms with E-state index >= 15 is 0 Å². The molecule has 5 unspecified atom stereocenters. The normalized spacial score (nSPS) is 30.5.